The summed E-state index contributed by atoms with van der Waals surface area (Å²) >= 11 is 0. The van der Waals surface area contributed by atoms with Gasteiger partial charge in [-0.3, -0.25) is 4.79 Å². The number of anilines is 1. The third-order valence-electron chi connectivity index (χ3n) is 3.70. The summed E-state index contributed by atoms with van der Waals surface area (Å²) in [4.78, 5) is 12.3. The summed E-state index contributed by atoms with van der Waals surface area (Å²) < 4.78 is 0. The summed E-state index contributed by atoms with van der Waals surface area (Å²) in [7, 11) is 1.87. The van der Waals surface area contributed by atoms with E-state index in [2.05, 4.69) is 29.7 Å². The predicted octanol–water partition coefficient (Wildman–Crippen LogP) is 3.53. The summed E-state index contributed by atoms with van der Waals surface area (Å²) in [6, 6.07) is 14.0. The molecule has 0 fully saturated rings. The molecule has 110 valence electrons. The van der Waals surface area contributed by atoms with Gasteiger partial charge in [0.05, 0.1) is 0 Å². The third-order valence-corrected chi connectivity index (χ3v) is 3.70. The van der Waals surface area contributed by atoms with Crippen molar-refractivity contribution in [3.8, 4) is 0 Å². The van der Waals surface area contributed by atoms with E-state index in [0.717, 1.165) is 23.2 Å². The Morgan fingerprint density at radius 2 is 1.81 bits per heavy atom. The van der Waals surface area contributed by atoms with Crippen LogP contribution in [-0.4, -0.2) is 13.0 Å². The van der Waals surface area contributed by atoms with E-state index in [0.29, 0.717) is 6.54 Å². The number of benzene rings is 2. The molecular formula is C18H22N2O. The second kappa shape index (κ2) is 6.93. The molecule has 3 nitrogen and oxygen atoms in total. The Kier molecular flexibility index (Phi) is 4.99. The van der Waals surface area contributed by atoms with Crippen LogP contribution < -0.4 is 10.6 Å². The minimum absolute atomic E-state index is 0.0268. The molecule has 2 rings (SSSR count). The highest BCUT2D eigenvalue weighted by atomic mass is 16.1. The number of nitrogens with one attached hydrogen (secondary N) is 2. The molecule has 0 aromatic heterocycles. The predicted molar refractivity (Wildman–Crippen MR) is 87.7 cm³/mol. The number of carbonyl (C=O) groups is 1. The van der Waals surface area contributed by atoms with E-state index in [1.165, 1.54) is 11.1 Å². The highest BCUT2D eigenvalue weighted by Crippen LogP contribution is 2.15. The third kappa shape index (κ3) is 3.63. The van der Waals surface area contributed by atoms with Crippen molar-refractivity contribution < 1.29 is 4.79 Å². The summed E-state index contributed by atoms with van der Waals surface area (Å²) in [6.07, 6.45) is 0.974. The smallest absolute Gasteiger partial charge is 0.251 e. The molecule has 0 unspecified atom stereocenters. The highest BCUT2D eigenvalue weighted by molar-refractivity contribution is 5.96. The van der Waals surface area contributed by atoms with E-state index in [-0.39, 0.29) is 5.91 Å². The zero-order chi connectivity index (χ0) is 15.2. The van der Waals surface area contributed by atoms with Crippen LogP contribution in [0.4, 0.5) is 5.69 Å². The van der Waals surface area contributed by atoms with Crippen LogP contribution in [0.15, 0.2) is 42.5 Å². The topological polar surface area (TPSA) is 41.1 Å². The van der Waals surface area contributed by atoms with Crippen LogP contribution in [0.5, 0.6) is 0 Å². The Bertz CT molecular complexity index is 635. The van der Waals surface area contributed by atoms with E-state index in [1.54, 1.807) is 0 Å². The lowest BCUT2D eigenvalue weighted by atomic mass is 10.0. The fourth-order valence-electron chi connectivity index (χ4n) is 2.42. The van der Waals surface area contributed by atoms with Crippen molar-refractivity contribution in [2.45, 2.75) is 26.8 Å². The summed E-state index contributed by atoms with van der Waals surface area (Å²) in [5.41, 5.74) is 5.17. The van der Waals surface area contributed by atoms with E-state index in [1.807, 2.05) is 44.3 Å². The molecule has 0 aliphatic heterocycles. The van der Waals surface area contributed by atoms with Crippen molar-refractivity contribution in [1.29, 1.82) is 0 Å². The zero-order valence-corrected chi connectivity index (χ0v) is 12.9. The van der Waals surface area contributed by atoms with Crippen LogP contribution in [0.25, 0.3) is 0 Å². The monoisotopic (exact) mass is 282 g/mol. The van der Waals surface area contributed by atoms with Crippen LogP contribution in [0.1, 0.15) is 34.0 Å². The van der Waals surface area contributed by atoms with Crippen LogP contribution in [-0.2, 0) is 13.0 Å². The second-order valence-corrected chi connectivity index (χ2v) is 5.08. The first kappa shape index (κ1) is 15.1. The van der Waals surface area contributed by atoms with Crippen LogP contribution in [0.2, 0.25) is 0 Å². The van der Waals surface area contributed by atoms with Gasteiger partial charge < -0.3 is 10.6 Å². The Morgan fingerprint density at radius 3 is 2.43 bits per heavy atom. The average Bonchev–Trinajstić information content (AvgIpc) is 2.52. The fourth-order valence-corrected chi connectivity index (χ4v) is 2.42. The highest BCUT2D eigenvalue weighted by Gasteiger charge is 2.09. The van der Waals surface area contributed by atoms with Crippen molar-refractivity contribution in [3.05, 3.63) is 64.7 Å². The number of hydrogen-bond donors (Lipinski definition) is 2. The van der Waals surface area contributed by atoms with E-state index >= 15 is 0 Å². The maximum absolute atomic E-state index is 12.3. The molecule has 0 aliphatic carbocycles. The number of hydrogen-bond acceptors (Lipinski definition) is 2. The molecule has 0 saturated carbocycles. The van der Waals surface area contributed by atoms with Crippen LogP contribution in [0.3, 0.4) is 0 Å². The van der Waals surface area contributed by atoms with Crippen molar-refractivity contribution in [1.82, 2.24) is 5.32 Å². The molecule has 0 heterocycles. The Morgan fingerprint density at radius 1 is 1.10 bits per heavy atom. The quantitative estimate of drug-likeness (QED) is 0.881. The van der Waals surface area contributed by atoms with Gasteiger partial charge in [-0.25, -0.2) is 0 Å². The molecule has 0 atom stereocenters. The Hall–Kier alpha value is -2.29. The summed E-state index contributed by atoms with van der Waals surface area (Å²) in [5.74, 6) is -0.0268. The SMILES string of the molecule is CCc1ccccc1CNC(=O)c1ccc(NC)cc1C. The molecule has 0 bridgehead atoms. The van der Waals surface area contributed by atoms with Crippen LogP contribution >= 0.6 is 0 Å². The van der Waals surface area contributed by atoms with Gasteiger partial charge in [0.1, 0.15) is 0 Å². The zero-order valence-electron chi connectivity index (χ0n) is 12.9. The summed E-state index contributed by atoms with van der Waals surface area (Å²) in [5, 5.41) is 6.08. The number of rotatable bonds is 5. The maximum atomic E-state index is 12.3. The van der Waals surface area contributed by atoms with Crippen molar-refractivity contribution >= 4 is 11.6 Å². The van der Waals surface area contributed by atoms with Crippen molar-refractivity contribution in [3.63, 3.8) is 0 Å². The number of amides is 1. The molecule has 2 aromatic rings. The fraction of sp³-hybridized carbons (Fsp3) is 0.278. The molecule has 1 amide bonds. The molecule has 3 heteroatoms. The number of carbonyl (C=O) groups excluding carboxylic acids is 1. The first-order valence-corrected chi connectivity index (χ1v) is 7.29. The first-order chi connectivity index (χ1) is 10.2. The van der Waals surface area contributed by atoms with Gasteiger partial charge >= 0.3 is 0 Å². The van der Waals surface area contributed by atoms with Gasteiger partial charge in [0, 0.05) is 24.8 Å². The standard InChI is InChI=1S/C18H22N2O/c1-4-14-7-5-6-8-15(14)12-20-18(21)17-10-9-16(19-3)11-13(17)2/h5-11,19H,4,12H2,1-3H3,(H,20,21). The Balaban J connectivity index is 2.08. The van der Waals surface area contributed by atoms with Gasteiger partial charge in [-0.1, -0.05) is 31.2 Å². The van der Waals surface area contributed by atoms with E-state index in [9.17, 15) is 4.79 Å². The second-order valence-electron chi connectivity index (χ2n) is 5.08. The van der Waals surface area contributed by atoms with Gasteiger partial charge in [0.15, 0.2) is 0 Å². The maximum Gasteiger partial charge on any atom is 0.251 e. The molecule has 2 N–H and O–H groups in total. The Labute approximate surface area is 126 Å². The van der Waals surface area contributed by atoms with E-state index < -0.39 is 0 Å². The lowest BCUT2D eigenvalue weighted by molar-refractivity contribution is 0.0950. The molecule has 21 heavy (non-hydrogen) atoms. The normalized spacial score (nSPS) is 10.2. The van der Waals surface area contributed by atoms with Gasteiger partial charge in [-0.2, -0.15) is 0 Å². The lowest BCUT2D eigenvalue weighted by Crippen LogP contribution is -2.24. The molecule has 0 radical (unpaired) electrons. The van der Waals surface area contributed by atoms with Gasteiger partial charge in [-0.15, -0.1) is 0 Å². The number of aryl methyl sites for hydroxylation is 2. The van der Waals surface area contributed by atoms with Crippen molar-refractivity contribution in [2.24, 2.45) is 0 Å². The molecule has 0 aliphatic rings. The van der Waals surface area contributed by atoms with Gasteiger partial charge in [0.25, 0.3) is 5.91 Å². The van der Waals surface area contributed by atoms with Crippen molar-refractivity contribution in [2.75, 3.05) is 12.4 Å². The molecule has 2 aromatic carbocycles. The molecule has 0 saturated heterocycles. The molecule has 0 spiro atoms. The van der Waals surface area contributed by atoms with Gasteiger partial charge in [0.2, 0.25) is 0 Å². The van der Waals surface area contributed by atoms with Gasteiger partial charge in [-0.05, 0) is 48.2 Å². The lowest BCUT2D eigenvalue weighted by Gasteiger charge is -2.11. The summed E-state index contributed by atoms with van der Waals surface area (Å²) in [6.45, 7) is 4.65. The minimum Gasteiger partial charge on any atom is -0.388 e. The average molecular weight is 282 g/mol. The molecular weight excluding hydrogens is 260 g/mol. The minimum atomic E-state index is -0.0268. The van der Waals surface area contributed by atoms with Crippen LogP contribution in [0, 0.1) is 6.92 Å². The van der Waals surface area contributed by atoms with E-state index in [4.69, 9.17) is 0 Å². The first-order valence-electron chi connectivity index (χ1n) is 7.29. The largest absolute Gasteiger partial charge is 0.388 e.